The van der Waals surface area contributed by atoms with E-state index in [9.17, 15) is 14.0 Å². The number of anilines is 1. The van der Waals surface area contributed by atoms with Gasteiger partial charge in [0.15, 0.2) is 5.69 Å². The van der Waals surface area contributed by atoms with Crippen LogP contribution in [0.15, 0.2) is 36.5 Å². The predicted molar refractivity (Wildman–Crippen MR) is 70.6 cm³/mol. The second-order valence-corrected chi connectivity index (χ2v) is 4.19. The number of hydrogen-bond donors (Lipinski definition) is 2. The second kappa shape index (κ2) is 5.66. The van der Waals surface area contributed by atoms with Crippen molar-refractivity contribution in [2.24, 2.45) is 0 Å². The Hall–Kier alpha value is -2.47. The van der Waals surface area contributed by atoms with E-state index in [0.717, 1.165) is 6.07 Å². The molecule has 102 valence electrons. The van der Waals surface area contributed by atoms with Gasteiger partial charge in [-0.05, 0) is 30.3 Å². The van der Waals surface area contributed by atoms with E-state index < -0.39 is 17.7 Å². The van der Waals surface area contributed by atoms with Gasteiger partial charge in [-0.3, -0.25) is 4.79 Å². The number of pyridine rings is 1. The van der Waals surface area contributed by atoms with Crippen molar-refractivity contribution in [2.45, 2.75) is 0 Å². The smallest absolute Gasteiger partial charge is 0.356 e. The average Bonchev–Trinajstić information content (AvgIpc) is 2.42. The van der Waals surface area contributed by atoms with Gasteiger partial charge in [-0.25, -0.2) is 14.2 Å². The zero-order valence-electron chi connectivity index (χ0n) is 9.93. The molecule has 2 aromatic rings. The van der Waals surface area contributed by atoms with Crippen molar-refractivity contribution in [1.82, 2.24) is 4.98 Å². The molecule has 0 aliphatic rings. The number of hydrogen-bond acceptors (Lipinski definition) is 3. The van der Waals surface area contributed by atoms with E-state index in [0.29, 0.717) is 0 Å². The molecular formula is C13H8ClFN2O3. The molecule has 1 aromatic carbocycles. The zero-order valence-corrected chi connectivity index (χ0v) is 10.7. The standard InChI is InChI=1S/C13H8ClFN2O3/c14-8-4-3-7(6-9(8)15)12(18)17-10-2-1-5-16-11(10)13(19)20/h1-6H,(H,17,18)(H,19,20). The monoisotopic (exact) mass is 294 g/mol. The Morgan fingerprint density at radius 2 is 2.05 bits per heavy atom. The first-order valence-corrected chi connectivity index (χ1v) is 5.81. The van der Waals surface area contributed by atoms with E-state index in [1.807, 2.05) is 0 Å². The summed E-state index contributed by atoms with van der Waals surface area (Å²) in [4.78, 5) is 26.5. The summed E-state index contributed by atoms with van der Waals surface area (Å²) in [5, 5.41) is 11.2. The summed E-state index contributed by atoms with van der Waals surface area (Å²) in [6.07, 6.45) is 1.29. The van der Waals surface area contributed by atoms with E-state index in [4.69, 9.17) is 16.7 Å². The summed E-state index contributed by atoms with van der Waals surface area (Å²) in [6, 6.07) is 6.41. The molecule has 2 rings (SSSR count). The van der Waals surface area contributed by atoms with Gasteiger partial charge in [0.05, 0.1) is 10.7 Å². The number of halogens is 2. The molecule has 1 amide bonds. The Kier molecular flexibility index (Phi) is 3.95. The van der Waals surface area contributed by atoms with Gasteiger partial charge in [0.25, 0.3) is 5.91 Å². The van der Waals surface area contributed by atoms with E-state index in [2.05, 4.69) is 10.3 Å². The summed E-state index contributed by atoms with van der Waals surface area (Å²) >= 11 is 5.52. The first kappa shape index (κ1) is 14.0. The van der Waals surface area contributed by atoms with Gasteiger partial charge in [-0.15, -0.1) is 0 Å². The van der Waals surface area contributed by atoms with E-state index in [1.165, 1.54) is 30.5 Å². The SMILES string of the molecule is O=C(Nc1cccnc1C(=O)O)c1ccc(Cl)c(F)c1. The summed E-state index contributed by atoms with van der Waals surface area (Å²) in [5.74, 6) is -2.66. The van der Waals surface area contributed by atoms with Crippen LogP contribution in [0.1, 0.15) is 20.8 Å². The normalized spacial score (nSPS) is 10.1. The molecule has 0 saturated heterocycles. The van der Waals surface area contributed by atoms with Crippen LogP contribution in [0.25, 0.3) is 0 Å². The summed E-state index contributed by atoms with van der Waals surface area (Å²) < 4.78 is 13.3. The lowest BCUT2D eigenvalue weighted by atomic mass is 10.2. The number of rotatable bonds is 3. The molecule has 0 spiro atoms. The third-order valence-electron chi connectivity index (χ3n) is 2.44. The minimum Gasteiger partial charge on any atom is -0.476 e. The molecule has 0 aliphatic heterocycles. The van der Waals surface area contributed by atoms with Crippen molar-refractivity contribution in [1.29, 1.82) is 0 Å². The fraction of sp³-hybridized carbons (Fsp3) is 0. The van der Waals surface area contributed by atoms with Gasteiger partial charge in [0.1, 0.15) is 5.82 Å². The van der Waals surface area contributed by atoms with Crippen LogP contribution in [-0.4, -0.2) is 22.0 Å². The first-order chi connectivity index (χ1) is 9.49. The Labute approximate surface area is 118 Å². The maximum Gasteiger partial charge on any atom is 0.356 e. The lowest BCUT2D eigenvalue weighted by molar-refractivity contribution is 0.0691. The molecule has 1 heterocycles. The fourth-order valence-corrected chi connectivity index (χ4v) is 1.63. The molecule has 1 aromatic heterocycles. The molecular weight excluding hydrogens is 287 g/mol. The Bertz CT molecular complexity index is 691. The van der Waals surface area contributed by atoms with Crippen LogP contribution in [0.3, 0.4) is 0 Å². The van der Waals surface area contributed by atoms with Crippen LogP contribution in [0.2, 0.25) is 5.02 Å². The average molecular weight is 295 g/mol. The summed E-state index contributed by atoms with van der Waals surface area (Å²) in [5.41, 5.74) is -0.247. The highest BCUT2D eigenvalue weighted by Crippen LogP contribution is 2.18. The fourth-order valence-electron chi connectivity index (χ4n) is 1.51. The Morgan fingerprint density at radius 1 is 1.30 bits per heavy atom. The third kappa shape index (κ3) is 2.92. The topological polar surface area (TPSA) is 79.3 Å². The minimum absolute atomic E-state index is 0.0205. The number of carbonyl (C=O) groups excluding carboxylic acids is 1. The lowest BCUT2D eigenvalue weighted by Crippen LogP contribution is -2.15. The van der Waals surface area contributed by atoms with Gasteiger partial charge < -0.3 is 10.4 Å². The molecule has 0 fully saturated rings. The van der Waals surface area contributed by atoms with Gasteiger partial charge in [0, 0.05) is 11.8 Å². The van der Waals surface area contributed by atoms with E-state index in [-0.39, 0.29) is 22.0 Å². The molecule has 0 atom stereocenters. The highest BCUT2D eigenvalue weighted by molar-refractivity contribution is 6.30. The van der Waals surface area contributed by atoms with Crippen LogP contribution in [0.4, 0.5) is 10.1 Å². The summed E-state index contributed by atoms with van der Waals surface area (Å²) in [6.45, 7) is 0. The maximum absolute atomic E-state index is 13.3. The van der Waals surface area contributed by atoms with Crippen molar-refractivity contribution >= 4 is 29.2 Å². The largest absolute Gasteiger partial charge is 0.476 e. The van der Waals surface area contributed by atoms with E-state index >= 15 is 0 Å². The molecule has 2 N–H and O–H groups in total. The number of nitrogens with zero attached hydrogens (tertiary/aromatic N) is 1. The van der Waals surface area contributed by atoms with Crippen molar-refractivity contribution in [3.8, 4) is 0 Å². The number of aromatic carboxylic acids is 1. The van der Waals surface area contributed by atoms with Crippen LogP contribution in [-0.2, 0) is 0 Å². The van der Waals surface area contributed by atoms with Crippen molar-refractivity contribution in [3.63, 3.8) is 0 Å². The quantitative estimate of drug-likeness (QED) is 0.912. The molecule has 0 unspecified atom stereocenters. The van der Waals surface area contributed by atoms with Crippen molar-refractivity contribution in [2.75, 3.05) is 5.32 Å². The number of nitrogens with one attached hydrogen (secondary N) is 1. The van der Waals surface area contributed by atoms with Gasteiger partial charge in [0.2, 0.25) is 0 Å². The van der Waals surface area contributed by atoms with Crippen LogP contribution >= 0.6 is 11.6 Å². The number of benzene rings is 1. The molecule has 0 radical (unpaired) electrons. The minimum atomic E-state index is -1.27. The van der Waals surface area contributed by atoms with Crippen LogP contribution < -0.4 is 5.32 Å². The molecule has 7 heteroatoms. The number of carboxylic acid groups (broad SMARTS) is 1. The lowest BCUT2D eigenvalue weighted by Gasteiger charge is -2.07. The van der Waals surface area contributed by atoms with E-state index in [1.54, 1.807) is 0 Å². The van der Waals surface area contributed by atoms with Gasteiger partial charge >= 0.3 is 5.97 Å². The molecule has 20 heavy (non-hydrogen) atoms. The third-order valence-corrected chi connectivity index (χ3v) is 2.75. The van der Waals surface area contributed by atoms with Crippen LogP contribution in [0, 0.1) is 5.82 Å². The molecule has 0 bridgehead atoms. The number of carbonyl (C=O) groups is 2. The van der Waals surface area contributed by atoms with Crippen molar-refractivity contribution in [3.05, 3.63) is 58.6 Å². The molecule has 0 saturated carbocycles. The number of aromatic nitrogens is 1. The molecule has 5 nitrogen and oxygen atoms in total. The maximum atomic E-state index is 13.3. The zero-order chi connectivity index (χ0) is 14.7. The number of carboxylic acids is 1. The predicted octanol–water partition coefficient (Wildman–Crippen LogP) is 2.82. The highest BCUT2D eigenvalue weighted by atomic mass is 35.5. The molecule has 0 aliphatic carbocycles. The van der Waals surface area contributed by atoms with Gasteiger partial charge in [-0.1, -0.05) is 11.6 Å². The Balaban J connectivity index is 2.28. The highest BCUT2D eigenvalue weighted by Gasteiger charge is 2.15. The van der Waals surface area contributed by atoms with Crippen LogP contribution in [0.5, 0.6) is 0 Å². The first-order valence-electron chi connectivity index (χ1n) is 5.44. The Morgan fingerprint density at radius 3 is 2.70 bits per heavy atom. The second-order valence-electron chi connectivity index (χ2n) is 3.79. The summed E-state index contributed by atoms with van der Waals surface area (Å²) in [7, 11) is 0. The van der Waals surface area contributed by atoms with Gasteiger partial charge in [-0.2, -0.15) is 0 Å². The van der Waals surface area contributed by atoms with Crippen molar-refractivity contribution < 1.29 is 19.1 Å². The number of amides is 1.